The van der Waals surface area contributed by atoms with Crippen LogP contribution in [0.25, 0.3) is 11.1 Å². The van der Waals surface area contributed by atoms with Gasteiger partial charge in [-0.2, -0.15) is 0 Å². The van der Waals surface area contributed by atoms with Crippen LogP contribution in [-0.4, -0.2) is 25.3 Å². The molecule has 0 saturated carbocycles. The fraction of sp³-hybridized carbons (Fsp3) is 0.276. The zero-order chi connectivity index (χ0) is 24.3. The molecule has 0 heterocycles. The van der Waals surface area contributed by atoms with Crippen molar-refractivity contribution >= 4 is 17.6 Å². The smallest absolute Gasteiger partial charge is 0.335 e. The molecular formula is C29H31ClO4. The highest BCUT2D eigenvalue weighted by atomic mass is 35.5. The van der Waals surface area contributed by atoms with E-state index in [-0.39, 0.29) is 5.97 Å². The molecule has 0 bridgehead atoms. The second-order valence-electron chi connectivity index (χ2n) is 7.78. The summed E-state index contributed by atoms with van der Waals surface area (Å²) >= 11 is 5.99. The van der Waals surface area contributed by atoms with Crippen LogP contribution in [0.1, 0.15) is 31.9 Å². The van der Waals surface area contributed by atoms with Crippen LogP contribution in [0.2, 0.25) is 5.02 Å². The number of halogens is 1. The molecule has 0 aliphatic rings. The van der Waals surface area contributed by atoms with E-state index in [9.17, 15) is 4.79 Å². The van der Waals surface area contributed by atoms with E-state index in [2.05, 4.69) is 24.3 Å². The normalized spacial score (nSPS) is 12.3. The van der Waals surface area contributed by atoms with Crippen molar-refractivity contribution in [1.82, 2.24) is 0 Å². The summed E-state index contributed by atoms with van der Waals surface area (Å²) in [4.78, 5) is 12.1. The summed E-state index contributed by atoms with van der Waals surface area (Å²) in [5.74, 6) is 1.28. The Morgan fingerprint density at radius 3 is 2.00 bits per heavy atom. The third-order valence-electron chi connectivity index (χ3n) is 5.34. The number of ether oxygens (including phenoxy) is 3. The molecule has 0 saturated heterocycles. The van der Waals surface area contributed by atoms with Gasteiger partial charge < -0.3 is 14.2 Å². The maximum absolute atomic E-state index is 12.1. The molecule has 5 heteroatoms. The number of hydrogen-bond donors (Lipinski definition) is 0. The predicted molar refractivity (Wildman–Crippen MR) is 137 cm³/mol. The number of rotatable bonds is 11. The Morgan fingerprint density at radius 2 is 1.44 bits per heavy atom. The van der Waals surface area contributed by atoms with E-state index in [0.717, 1.165) is 38.8 Å². The molecule has 1 unspecified atom stereocenters. The zero-order valence-electron chi connectivity index (χ0n) is 19.9. The van der Waals surface area contributed by atoms with Gasteiger partial charge in [0.15, 0.2) is 6.10 Å². The first-order valence-electron chi connectivity index (χ1n) is 11.6. The Balaban J connectivity index is 1.59. The Labute approximate surface area is 207 Å². The topological polar surface area (TPSA) is 44.8 Å². The number of benzene rings is 3. The van der Waals surface area contributed by atoms with E-state index in [0.29, 0.717) is 26.1 Å². The molecule has 178 valence electrons. The third kappa shape index (κ3) is 7.47. The minimum Gasteiger partial charge on any atom is -0.464 e. The molecule has 3 aromatic rings. The summed E-state index contributed by atoms with van der Waals surface area (Å²) < 4.78 is 16.8. The molecule has 0 aliphatic carbocycles. The van der Waals surface area contributed by atoms with E-state index in [1.54, 1.807) is 6.92 Å². The van der Waals surface area contributed by atoms with Gasteiger partial charge in [-0.25, -0.2) is 4.79 Å². The van der Waals surface area contributed by atoms with Crippen molar-refractivity contribution in [1.29, 1.82) is 0 Å². The monoisotopic (exact) mass is 478 g/mol. The summed E-state index contributed by atoms with van der Waals surface area (Å²) in [6.45, 7) is 6.42. The number of carbonyl (C=O) groups excluding carboxylic acids is 1. The minimum absolute atomic E-state index is 0.331. The van der Waals surface area contributed by atoms with Crippen molar-refractivity contribution in [3.8, 4) is 16.9 Å². The van der Waals surface area contributed by atoms with E-state index in [1.165, 1.54) is 0 Å². The van der Waals surface area contributed by atoms with Gasteiger partial charge in [-0.1, -0.05) is 60.1 Å². The van der Waals surface area contributed by atoms with Crippen LogP contribution in [0.3, 0.4) is 0 Å². The Morgan fingerprint density at radius 1 is 0.853 bits per heavy atom. The molecular weight excluding hydrogens is 448 g/mol. The lowest BCUT2D eigenvalue weighted by molar-refractivity contribution is -0.156. The average Bonchev–Trinajstić information content (AvgIpc) is 2.85. The molecule has 3 rings (SSSR count). The molecule has 0 amide bonds. The first-order valence-corrected chi connectivity index (χ1v) is 11.9. The second kappa shape index (κ2) is 13.0. The summed E-state index contributed by atoms with van der Waals surface area (Å²) in [6, 6.07) is 24.0. The van der Waals surface area contributed by atoms with Gasteiger partial charge in [-0.3, -0.25) is 0 Å². The molecule has 0 N–H and O–H groups in total. The summed E-state index contributed by atoms with van der Waals surface area (Å²) in [7, 11) is 0. The lowest BCUT2D eigenvalue weighted by Gasteiger charge is -2.16. The fourth-order valence-corrected chi connectivity index (χ4v) is 3.69. The summed E-state index contributed by atoms with van der Waals surface area (Å²) in [6.07, 6.45) is 2.53. The van der Waals surface area contributed by atoms with Crippen molar-refractivity contribution in [2.45, 2.75) is 39.7 Å². The van der Waals surface area contributed by atoms with Crippen LogP contribution in [0.15, 0.2) is 84.6 Å². The van der Waals surface area contributed by atoms with E-state index in [1.807, 2.05) is 68.5 Å². The lowest BCUT2D eigenvalue weighted by Crippen LogP contribution is -2.28. The fourth-order valence-electron chi connectivity index (χ4n) is 3.56. The molecule has 0 aromatic heterocycles. The maximum Gasteiger partial charge on any atom is 0.335 e. The van der Waals surface area contributed by atoms with Crippen LogP contribution in [0.5, 0.6) is 5.75 Å². The first-order chi connectivity index (χ1) is 16.5. The number of esters is 1. The highest BCUT2D eigenvalue weighted by molar-refractivity contribution is 6.30. The van der Waals surface area contributed by atoms with Gasteiger partial charge in [0, 0.05) is 24.5 Å². The van der Waals surface area contributed by atoms with Crippen molar-refractivity contribution in [3.63, 3.8) is 0 Å². The largest absolute Gasteiger partial charge is 0.464 e. The van der Waals surface area contributed by atoms with Gasteiger partial charge in [-0.15, -0.1) is 0 Å². The van der Waals surface area contributed by atoms with Crippen molar-refractivity contribution in [2.24, 2.45) is 0 Å². The van der Waals surface area contributed by atoms with Crippen molar-refractivity contribution < 1.29 is 19.0 Å². The minimum atomic E-state index is -0.598. The third-order valence-corrected chi connectivity index (χ3v) is 5.59. The zero-order valence-corrected chi connectivity index (χ0v) is 20.7. The molecule has 1 atom stereocenters. The van der Waals surface area contributed by atoms with Gasteiger partial charge in [0.25, 0.3) is 0 Å². The van der Waals surface area contributed by atoms with Gasteiger partial charge in [0.05, 0.1) is 6.61 Å². The SMILES string of the molecule is CC=C(Cc1ccc(-c2ccc(Cl)cc2)cc1)Oc1ccc(CC(OCC)C(=O)OCC)cc1. The number of carbonyl (C=O) groups is 1. The van der Waals surface area contributed by atoms with Crippen LogP contribution in [0, 0.1) is 0 Å². The van der Waals surface area contributed by atoms with Crippen molar-refractivity contribution in [2.75, 3.05) is 13.2 Å². The van der Waals surface area contributed by atoms with E-state index in [4.69, 9.17) is 25.8 Å². The highest BCUT2D eigenvalue weighted by Gasteiger charge is 2.20. The molecule has 3 aromatic carbocycles. The number of hydrogen-bond acceptors (Lipinski definition) is 4. The maximum atomic E-state index is 12.1. The van der Waals surface area contributed by atoms with Gasteiger partial charge >= 0.3 is 5.97 Å². The molecule has 0 spiro atoms. The van der Waals surface area contributed by atoms with E-state index < -0.39 is 6.10 Å². The standard InChI is InChI=1S/C29H31ClO4/c1-4-26(19-21-7-11-23(12-8-21)24-13-15-25(30)16-14-24)34-27-17-9-22(10-18-27)20-28(32-5-2)29(31)33-6-3/h4,7-18,28H,5-6,19-20H2,1-3H3. The lowest BCUT2D eigenvalue weighted by atomic mass is 10.0. The quantitative estimate of drug-likeness (QED) is 0.219. The Hall–Kier alpha value is -3.08. The molecule has 0 radical (unpaired) electrons. The summed E-state index contributed by atoms with van der Waals surface area (Å²) in [5.41, 5.74) is 4.43. The molecule has 4 nitrogen and oxygen atoms in total. The van der Waals surface area contributed by atoms with E-state index >= 15 is 0 Å². The Bertz CT molecular complexity index is 1070. The van der Waals surface area contributed by atoms with Crippen LogP contribution in [0.4, 0.5) is 0 Å². The number of allylic oxidation sites excluding steroid dienone is 2. The second-order valence-corrected chi connectivity index (χ2v) is 8.22. The van der Waals surface area contributed by atoms with Gasteiger partial charge in [-0.05, 0) is 73.4 Å². The van der Waals surface area contributed by atoms with Gasteiger partial charge in [0.2, 0.25) is 0 Å². The molecule has 34 heavy (non-hydrogen) atoms. The van der Waals surface area contributed by atoms with Crippen LogP contribution >= 0.6 is 11.6 Å². The first kappa shape index (κ1) is 25.5. The van der Waals surface area contributed by atoms with Crippen LogP contribution < -0.4 is 4.74 Å². The molecule has 0 aliphatic heterocycles. The average molecular weight is 479 g/mol. The predicted octanol–water partition coefficient (Wildman–Crippen LogP) is 7.04. The van der Waals surface area contributed by atoms with Crippen molar-refractivity contribution in [3.05, 3.63) is 101 Å². The van der Waals surface area contributed by atoms with Gasteiger partial charge in [0.1, 0.15) is 11.5 Å². The molecule has 0 fully saturated rings. The summed E-state index contributed by atoms with van der Waals surface area (Å²) in [5, 5.41) is 0.733. The highest BCUT2D eigenvalue weighted by Crippen LogP contribution is 2.24. The van der Waals surface area contributed by atoms with Crippen LogP contribution in [-0.2, 0) is 27.1 Å². The Kier molecular flexibility index (Phi) is 9.75.